The molecular weight excluding hydrogens is 428 g/mol. The van der Waals surface area contributed by atoms with Crippen LogP contribution in [-0.4, -0.2) is 77.3 Å². The Kier molecular flexibility index (Phi) is 12.2. The van der Waals surface area contributed by atoms with E-state index < -0.39 is 35.9 Å². The van der Waals surface area contributed by atoms with Crippen LogP contribution in [0.5, 0.6) is 0 Å². The number of thioether (sulfide) groups is 1. The molecule has 30 heavy (non-hydrogen) atoms. The number of carboxylic acids is 1. The van der Waals surface area contributed by atoms with Crippen LogP contribution in [0.15, 0.2) is 0 Å². The van der Waals surface area contributed by atoms with E-state index in [1.165, 1.54) is 11.8 Å². The molecular formula is C19H34N4O5S2. The van der Waals surface area contributed by atoms with Crippen LogP contribution in [0.25, 0.3) is 0 Å². The molecule has 5 N–H and O–H groups in total. The third-order valence-corrected chi connectivity index (χ3v) is 5.77. The molecule has 0 saturated carbocycles. The zero-order chi connectivity index (χ0) is 22.7. The summed E-state index contributed by atoms with van der Waals surface area (Å²) >= 11 is 5.61. The quantitative estimate of drug-likeness (QED) is 0.212. The second-order valence-corrected chi connectivity index (χ2v) is 9.12. The maximum atomic E-state index is 12.8. The van der Waals surface area contributed by atoms with E-state index in [1.807, 2.05) is 20.1 Å². The van der Waals surface area contributed by atoms with Gasteiger partial charge in [-0.2, -0.15) is 24.4 Å². The average Bonchev–Trinajstić information content (AvgIpc) is 3.22. The predicted octanol–water partition coefficient (Wildman–Crippen LogP) is 0.00640. The number of carbonyl (C=O) groups excluding carboxylic acids is 3. The van der Waals surface area contributed by atoms with Gasteiger partial charge in [-0.15, -0.1) is 0 Å². The van der Waals surface area contributed by atoms with Crippen LogP contribution in [0.2, 0.25) is 0 Å². The molecule has 0 bridgehead atoms. The van der Waals surface area contributed by atoms with Crippen LogP contribution in [0.3, 0.4) is 0 Å². The molecule has 4 atom stereocenters. The maximum absolute atomic E-state index is 12.8. The van der Waals surface area contributed by atoms with E-state index in [1.54, 1.807) is 0 Å². The fourth-order valence-electron chi connectivity index (χ4n) is 3.12. The van der Waals surface area contributed by atoms with Crippen molar-refractivity contribution in [2.45, 2.75) is 63.7 Å². The fraction of sp³-hybridized carbons (Fsp3) is 0.789. The minimum absolute atomic E-state index is 0.00103. The fourth-order valence-corrected chi connectivity index (χ4v) is 3.84. The summed E-state index contributed by atoms with van der Waals surface area (Å²) in [7, 11) is 0. The highest BCUT2D eigenvalue weighted by molar-refractivity contribution is 7.98. The summed E-state index contributed by atoms with van der Waals surface area (Å²) in [5.41, 5.74) is 0. The highest BCUT2D eigenvalue weighted by atomic mass is 32.2. The summed E-state index contributed by atoms with van der Waals surface area (Å²) in [5.74, 6) is -1.74. The van der Waals surface area contributed by atoms with Crippen LogP contribution < -0.4 is 21.3 Å². The number of amides is 3. The molecule has 0 radical (unpaired) electrons. The summed E-state index contributed by atoms with van der Waals surface area (Å²) in [6, 6.07) is -3.15. The van der Waals surface area contributed by atoms with Gasteiger partial charge in [-0.05, 0) is 50.2 Å². The normalized spacial score (nSPS) is 19.0. The van der Waals surface area contributed by atoms with Crippen molar-refractivity contribution >= 4 is 48.1 Å². The summed E-state index contributed by atoms with van der Waals surface area (Å²) in [4.78, 5) is 49.1. The smallest absolute Gasteiger partial charge is 0.326 e. The molecule has 1 saturated heterocycles. The molecule has 0 aromatic rings. The van der Waals surface area contributed by atoms with Crippen LogP contribution >= 0.6 is 24.4 Å². The number of thiol groups is 1. The Hall–Kier alpha value is -1.46. The second kappa shape index (κ2) is 13.8. The second-order valence-electron chi connectivity index (χ2n) is 7.76. The van der Waals surface area contributed by atoms with E-state index in [0.717, 1.165) is 19.4 Å². The van der Waals surface area contributed by atoms with Crippen molar-refractivity contribution < 1.29 is 24.3 Å². The van der Waals surface area contributed by atoms with Crippen molar-refractivity contribution in [1.82, 2.24) is 21.3 Å². The number of rotatable bonds is 13. The first-order valence-electron chi connectivity index (χ1n) is 10.2. The van der Waals surface area contributed by atoms with Gasteiger partial charge in [0.2, 0.25) is 17.7 Å². The molecule has 1 heterocycles. The lowest BCUT2D eigenvalue weighted by Gasteiger charge is -2.25. The van der Waals surface area contributed by atoms with Crippen molar-refractivity contribution in [3.63, 3.8) is 0 Å². The van der Waals surface area contributed by atoms with Crippen molar-refractivity contribution in [1.29, 1.82) is 0 Å². The molecule has 172 valence electrons. The van der Waals surface area contributed by atoms with Gasteiger partial charge in [0.05, 0.1) is 6.04 Å². The van der Waals surface area contributed by atoms with Crippen molar-refractivity contribution in [3.05, 3.63) is 0 Å². The zero-order valence-electron chi connectivity index (χ0n) is 17.8. The standard InChI is InChI=1S/C19H34N4O5S2/c1-11(2)9-14(22-16(24)12-5-4-7-20-12)17(25)23-15(10-29)18(26)21-13(19(27)28)6-8-30-3/h11-15,20,29H,4-10H2,1-3H3,(H,21,26)(H,22,24)(H,23,25)(H,27,28). The largest absolute Gasteiger partial charge is 0.480 e. The van der Waals surface area contributed by atoms with E-state index in [2.05, 4.69) is 33.9 Å². The third-order valence-electron chi connectivity index (χ3n) is 4.76. The summed E-state index contributed by atoms with van der Waals surface area (Å²) in [5, 5.41) is 20.2. The first-order valence-corrected chi connectivity index (χ1v) is 12.2. The van der Waals surface area contributed by atoms with E-state index in [0.29, 0.717) is 12.2 Å². The van der Waals surface area contributed by atoms with Crippen LogP contribution in [0.4, 0.5) is 0 Å². The van der Waals surface area contributed by atoms with Gasteiger partial charge in [0.15, 0.2) is 0 Å². The molecule has 3 amide bonds. The molecule has 0 aromatic heterocycles. The number of aliphatic carboxylic acids is 1. The molecule has 11 heteroatoms. The molecule has 0 spiro atoms. The Labute approximate surface area is 187 Å². The summed E-state index contributed by atoms with van der Waals surface area (Å²) < 4.78 is 0. The molecule has 0 aromatic carbocycles. The Morgan fingerprint density at radius 1 is 1.10 bits per heavy atom. The molecule has 1 fully saturated rings. The lowest BCUT2D eigenvalue weighted by molar-refractivity contribution is -0.142. The predicted molar refractivity (Wildman–Crippen MR) is 121 cm³/mol. The average molecular weight is 463 g/mol. The monoisotopic (exact) mass is 462 g/mol. The minimum Gasteiger partial charge on any atom is -0.480 e. The Morgan fingerprint density at radius 3 is 2.23 bits per heavy atom. The van der Waals surface area contributed by atoms with Crippen LogP contribution in [-0.2, 0) is 19.2 Å². The van der Waals surface area contributed by atoms with E-state index in [-0.39, 0.29) is 30.0 Å². The van der Waals surface area contributed by atoms with Gasteiger partial charge in [0.1, 0.15) is 18.1 Å². The number of carboxylic acid groups (broad SMARTS) is 1. The van der Waals surface area contributed by atoms with Gasteiger partial charge in [-0.3, -0.25) is 14.4 Å². The molecule has 4 unspecified atom stereocenters. The molecule has 1 aliphatic heterocycles. The van der Waals surface area contributed by atoms with Crippen LogP contribution in [0, 0.1) is 5.92 Å². The van der Waals surface area contributed by atoms with Gasteiger partial charge in [0.25, 0.3) is 0 Å². The minimum atomic E-state index is -1.13. The first kappa shape index (κ1) is 26.6. The van der Waals surface area contributed by atoms with Crippen molar-refractivity contribution in [2.24, 2.45) is 5.92 Å². The lowest BCUT2D eigenvalue weighted by atomic mass is 10.0. The Bertz CT molecular complexity index is 599. The van der Waals surface area contributed by atoms with Crippen molar-refractivity contribution in [2.75, 3.05) is 24.3 Å². The molecule has 9 nitrogen and oxygen atoms in total. The zero-order valence-corrected chi connectivity index (χ0v) is 19.5. The number of nitrogens with one attached hydrogen (secondary N) is 4. The number of hydrogen-bond acceptors (Lipinski definition) is 7. The van der Waals surface area contributed by atoms with E-state index in [4.69, 9.17) is 0 Å². The van der Waals surface area contributed by atoms with Gasteiger partial charge < -0.3 is 26.4 Å². The molecule has 1 rings (SSSR count). The molecule has 0 aliphatic carbocycles. The first-order chi connectivity index (χ1) is 14.2. The van der Waals surface area contributed by atoms with Gasteiger partial charge in [-0.1, -0.05) is 13.8 Å². The topological polar surface area (TPSA) is 137 Å². The van der Waals surface area contributed by atoms with Crippen molar-refractivity contribution in [3.8, 4) is 0 Å². The SMILES string of the molecule is CSCCC(NC(=O)C(CS)NC(=O)C(CC(C)C)NC(=O)C1CCCN1)C(=O)O. The Balaban J connectivity index is 2.75. The maximum Gasteiger partial charge on any atom is 0.326 e. The highest BCUT2D eigenvalue weighted by Crippen LogP contribution is 2.09. The van der Waals surface area contributed by atoms with Gasteiger partial charge in [-0.25, -0.2) is 4.79 Å². The van der Waals surface area contributed by atoms with Gasteiger partial charge >= 0.3 is 5.97 Å². The Morgan fingerprint density at radius 2 is 1.73 bits per heavy atom. The number of carbonyl (C=O) groups is 4. The van der Waals surface area contributed by atoms with Gasteiger partial charge in [0, 0.05) is 5.75 Å². The summed E-state index contributed by atoms with van der Waals surface area (Å²) in [6.07, 6.45) is 4.16. The lowest BCUT2D eigenvalue weighted by Crippen LogP contribution is -2.57. The van der Waals surface area contributed by atoms with E-state index >= 15 is 0 Å². The van der Waals surface area contributed by atoms with Crippen LogP contribution in [0.1, 0.15) is 39.5 Å². The summed E-state index contributed by atoms with van der Waals surface area (Å²) in [6.45, 7) is 4.64. The van der Waals surface area contributed by atoms with E-state index in [9.17, 15) is 24.3 Å². The molecule has 1 aliphatic rings. The number of hydrogen-bond donors (Lipinski definition) is 6. The highest BCUT2D eigenvalue weighted by Gasteiger charge is 2.31. The third kappa shape index (κ3) is 9.13.